The Labute approximate surface area is 177 Å². The Morgan fingerprint density at radius 3 is 2.20 bits per heavy atom. The van der Waals surface area contributed by atoms with E-state index in [4.69, 9.17) is 9.47 Å². The lowest BCUT2D eigenvalue weighted by Crippen LogP contribution is -2.26. The van der Waals surface area contributed by atoms with Crippen molar-refractivity contribution in [2.24, 2.45) is 5.10 Å². The van der Waals surface area contributed by atoms with E-state index in [0.29, 0.717) is 11.5 Å². The predicted molar refractivity (Wildman–Crippen MR) is 117 cm³/mol. The minimum atomic E-state index is -3.86. The molecule has 0 fully saturated rings. The molecule has 0 saturated carbocycles. The lowest BCUT2D eigenvalue weighted by Gasteiger charge is -2.20. The number of ether oxygens (including phenoxy) is 2. The maximum absolute atomic E-state index is 13.3. The van der Waals surface area contributed by atoms with Gasteiger partial charge >= 0.3 is 0 Å². The monoisotopic (exact) mass is 424 g/mol. The Morgan fingerprint density at radius 2 is 1.53 bits per heavy atom. The number of methoxy groups -OCH3 is 2. The molecule has 7 heteroatoms. The smallest absolute Gasteiger partial charge is 0.279 e. The Bertz CT molecular complexity index is 1130. The van der Waals surface area contributed by atoms with Crippen LogP contribution in [0.1, 0.15) is 16.7 Å². The van der Waals surface area contributed by atoms with Crippen molar-refractivity contribution in [2.75, 3.05) is 14.2 Å². The van der Waals surface area contributed by atoms with E-state index in [1.807, 2.05) is 43.3 Å². The van der Waals surface area contributed by atoms with Crippen LogP contribution in [0, 0.1) is 6.92 Å². The fourth-order valence-electron chi connectivity index (χ4n) is 2.80. The van der Waals surface area contributed by atoms with E-state index in [0.717, 1.165) is 21.1 Å². The maximum atomic E-state index is 13.3. The second-order valence-corrected chi connectivity index (χ2v) is 8.51. The first-order chi connectivity index (χ1) is 14.4. The largest absolute Gasteiger partial charge is 0.497 e. The number of nitrogens with zero attached hydrogens (tertiary/aromatic N) is 2. The average Bonchev–Trinajstić information content (AvgIpc) is 2.77. The minimum Gasteiger partial charge on any atom is -0.497 e. The van der Waals surface area contributed by atoms with Gasteiger partial charge in [0.1, 0.15) is 11.5 Å². The summed E-state index contributed by atoms with van der Waals surface area (Å²) in [6.07, 6.45) is 1.51. The normalized spacial score (nSPS) is 11.4. The van der Waals surface area contributed by atoms with E-state index < -0.39 is 10.0 Å². The molecule has 0 heterocycles. The number of aryl methyl sites for hydroxylation is 1. The fourth-order valence-corrected chi connectivity index (χ4v) is 4.01. The standard InChI is InChI=1S/C23H24N2O4S/c1-18-10-12-23(13-11-18)30(26,27)25(17-20-7-5-9-22(15-20)29-3)24-16-19-6-4-8-21(14-19)28-2/h4-16H,17H2,1-3H3/b24-16+. The topological polar surface area (TPSA) is 68.2 Å². The van der Waals surface area contributed by atoms with Gasteiger partial charge in [-0.3, -0.25) is 0 Å². The maximum Gasteiger partial charge on any atom is 0.279 e. The molecule has 156 valence electrons. The van der Waals surface area contributed by atoms with Gasteiger partial charge in [0.05, 0.1) is 31.9 Å². The van der Waals surface area contributed by atoms with E-state index in [1.54, 1.807) is 50.6 Å². The molecule has 0 atom stereocenters. The van der Waals surface area contributed by atoms with Gasteiger partial charge in [0.25, 0.3) is 10.0 Å². The molecule has 0 aliphatic rings. The van der Waals surface area contributed by atoms with Crippen molar-refractivity contribution in [3.05, 3.63) is 89.5 Å². The molecule has 0 aromatic heterocycles. The highest BCUT2D eigenvalue weighted by atomic mass is 32.2. The molecule has 0 N–H and O–H groups in total. The summed E-state index contributed by atoms with van der Waals surface area (Å²) >= 11 is 0. The summed E-state index contributed by atoms with van der Waals surface area (Å²) in [5.41, 5.74) is 2.46. The number of hydrogen-bond donors (Lipinski definition) is 0. The van der Waals surface area contributed by atoms with Crippen LogP contribution in [0.25, 0.3) is 0 Å². The number of rotatable bonds is 8. The van der Waals surface area contributed by atoms with Crippen LogP contribution in [-0.4, -0.2) is 33.3 Å². The summed E-state index contributed by atoms with van der Waals surface area (Å²) in [5, 5.41) is 4.31. The third-order valence-electron chi connectivity index (χ3n) is 4.48. The molecule has 0 saturated heterocycles. The van der Waals surface area contributed by atoms with Gasteiger partial charge in [-0.1, -0.05) is 42.0 Å². The summed E-state index contributed by atoms with van der Waals surface area (Å²) in [6.45, 7) is 1.97. The molecule has 0 aliphatic carbocycles. The van der Waals surface area contributed by atoms with Crippen LogP contribution in [0.5, 0.6) is 11.5 Å². The molecule has 3 aromatic rings. The van der Waals surface area contributed by atoms with Crippen molar-refractivity contribution in [3.63, 3.8) is 0 Å². The average molecular weight is 425 g/mol. The molecule has 3 aromatic carbocycles. The molecule has 0 spiro atoms. The van der Waals surface area contributed by atoms with Crippen molar-refractivity contribution in [1.29, 1.82) is 0 Å². The van der Waals surface area contributed by atoms with Gasteiger partial charge in [0, 0.05) is 0 Å². The summed E-state index contributed by atoms with van der Waals surface area (Å²) in [6, 6.07) is 21.2. The van der Waals surface area contributed by atoms with Crippen molar-refractivity contribution in [3.8, 4) is 11.5 Å². The van der Waals surface area contributed by atoms with Gasteiger partial charge < -0.3 is 9.47 Å². The Balaban J connectivity index is 1.98. The van der Waals surface area contributed by atoms with Crippen LogP contribution >= 0.6 is 0 Å². The minimum absolute atomic E-state index is 0.0634. The SMILES string of the molecule is COc1cccc(/C=N/N(Cc2cccc(OC)c2)S(=O)(=O)c2ccc(C)cc2)c1. The zero-order chi connectivity index (χ0) is 21.6. The van der Waals surface area contributed by atoms with Crippen molar-refractivity contribution in [1.82, 2.24) is 4.41 Å². The Morgan fingerprint density at radius 1 is 0.900 bits per heavy atom. The molecule has 3 rings (SSSR count). The van der Waals surface area contributed by atoms with Gasteiger partial charge in [-0.2, -0.15) is 17.9 Å². The zero-order valence-corrected chi connectivity index (χ0v) is 18.0. The first kappa shape index (κ1) is 21.4. The third-order valence-corrected chi connectivity index (χ3v) is 6.12. The molecular weight excluding hydrogens is 400 g/mol. The molecule has 6 nitrogen and oxygen atoms in total. The quantitative estimate of drug-likeness (QED) is 0.401. The van der Waals surface area contributed by atoms with E-state index in [9.17, 15) is 8.42 Å². The summed E-state index contributed by atoms with van der Waals surface area (Å²) in [7, 11) is -0.711. The lowest BCUT2D eigenvalue weighted by atomic mass is 10.2. The summed E-state index contributed by atoms with van der Waals surface area (Å²) in [5.74, 6) is 1.32. The second-order valence-electron chi connectivity index (χ2n) is 6.67. The Kier molecular flexibility index (Phi) is 6.74. The van der Waals surface area contributed by atoms with E-state index in [-0.39, 0.29) is 11.4 Å². The van der Waals surface area contributed by atoms with Gasteiger partial charge in [-0.15, -0.1) is 0 Å². The van der Waals surface area contributed by atoms with Crippen LogP contribution < -0.4 is 9.47 Å². The Hall–Kier alpha value is -3.32. The predicted octanol–water partition coefficient (Wildman–Crippen LogP) is 4.24. The highest BCUT2D eigenvalue weighted by molar-refractivity contribution is 7.89. The zero-order valence-electron chi connectivity index (χ0n) is 17.1. The first-order valence-electron chi connectivity index (χ1n) is 9.33. The molecule has 0 aliphatic heterocycles. The molecule has 0 unspecified atom stereocenters. The van der Waals surface area contributed by atoms with Gasteiger partial charge in [0.2, 0.25) is 0 Å². The highest BCUT2D eigenvalue weighted by Gasteiger charge is 2.23. The van der Waals surface area contributed by atoms with Crippen molar-refractivity contribution < 1.29 is 17.9 Å². The van der Waals surface area contributed by atoms with Gasteiger partial charge in [-0.25, -0.2) is 0 Å². The number of sulfonamides is 1. The second kappa shape index (κ2) is 9.45. The third kappa shape index (κ3) is 5.18. The molecule has 0 radical (unpaired) electrons. The number of benzene rings is 3. The van der Waals surface area contributed by atoms with Gasteiger partial charge in [-0.05, 0) is 54.4 Å². The first-order valence-corrected chi connectivity index (χ1v) is 10.8. The van der Waals surface area contributed by atoms with Crippen LogP contribution in [-0.2, 0) is 16.6 Å². The van der Waals surface area contributed by atoms with Crippen LogP contribution in [0.4, 0.5) is 0 Å². The summed E-state index contributed by atoms with van der Waals surface area (Å²) in [4.78, 5) is 0.179. The number of hydrogen-bond acceptors (Lipinski definition) is 5. The van der Waals surface area contributed by atoms with Crippen LogP contribution in [0.3, 0.4) is 0 Å². The van der Waals surface area contributed by atoms with E-state index in [2.05, 4.69) is 5.10 Å². The van der Waals surface area contributed by atoms with Crippen LogP contribution in [0.15, 0.2) is 82.8 Å². The fraction of sp³-hybridized carbons (Fsp3) is 0.174. The summed E-state index contributed by atoms with van der Waals surface area (Å²) < 4.78 is 38.2. The van der Waals surface area contributed by atoms with Crippen molar-refractivity contribution >= 4 is 16.2 Å². The number of hydrazone groups is 1. The molecule has 0 bridgehead atoms. The van der Waals surface area contributed by atoms with Crippen molar-refractivity contribution in [2.45, 2.75) is 18.4 Å². The van der Waals surface area contributed by atoms with Gasteiger partial charge in [0.15, 0.2) is 0 Å². The van der Waals surface area contributed by atoms with Crippen LogP contribution in [0.2, 0.25) is 0 Å². The molecular formula is C23H24N2O4S. The lowest BCUT2D eigenvalue weighted by molar-refractivity contribution is 0.408. The van der Waals surface area contributed by atoms with E-state index in [1.165, 1.54) is 6.21 Å². The molecule has 0 amide bonds. The molecule has 30 heavy (non-hydrogen) atoms. The highest BCUT2D eigenvalue weighted by Crippen LogP contribution is 2.22. The van der Waals surface area contributed by atoms with E-state index >= 15 is 0 Å².